The Balaban J connectivity index is 2.76. The van der Waals surface area contributed by atoms with Crippen LogP contribution in [0.15, 0.2) is 0 Å². The van der Waals surface area contributed by atoms with E-state index in [0.717, 1.165) is 23.7 Å². The molecule has 0 amide bonds. The molecule has 1 rings (SSSR count). The number of hydrogen-bond donors (Lipinski definition) is 1. The number of sulfone groups is 1. The fraction of sp³-hybridized carbons (Fsp3) is 0.750. The summed E-state index contributed by atoms with van der Waals surface area (Å²) >= 11 is 1.49. The Kier molecular flexibility index (Phi) is 5.31. The van der Waals surface area contributed by atoms with Crippen LogP contribution >= 0.6 is 11.3 Å². The number of nitrogens with zero attached hydrogens (tertiary/aromatic N) is 1. The van der Waals surface area contributed by atoms with Crippen molar-refractivity contribution in [1.29, 1.82) is 0 Å². The van der Waals surface area contributed by atoms with E-state index in [1.165, 1.54) is 17.6 Å². The minimum absolute atomic E-state index is 0.514. The van der Waals surface area contributed by atoms with E-state index in [0.29, 0.717) is 10.9 Å². The molecule has 1 unspecified atom stereocenters. The topological polar surface area (TPSA) is 59.1 Å². The number of rotatable bonds is 6. The number of aromatic nitrogens is 1. The van der Waals surface area contributed by atoms with Gasteiger partial charge in [-0.25, -0.2) is 13.4 Å². The SMILES string of the molecule is Cc1nc(C(C)S(C)(=O)=O)sc1CNCC(C)C. The van der Waals surface area contributed by atoms with Gasteiger partial charge in [-0.05, 0) is 26.3 Å². The van der Waals surface area contributed by atoms with Gasteiger partial charge in [0.05, 0.1) is 5.69 Å². The molecule has 0 aliphatic heterocycles. The van der Waals surface area contributed by atoms with Crippen molar-refractivity contribution in [3.05, 3.63) is 15.6 Å². The van der Waals surface area contributed by atoms with Gasteiger partial charge in [-0.3, -0.25) is 0 Å². The van der Waals surface area contributed by atoms with Crippen molar-refractivity contribution in [3.63, 3.8) is 0 Å². The van der Waals surface area contributed by atoms with E-state index in [9.17, 15) is 8.42 Å². The second-order valence-corrected chi connectivity index (χ2v) is 8.54. The third kappa shape index (κ3) is 4.33. The Labute approximate surface area is 114 Å². The zero-order valence-electron chi connectivity index (χ0n) is 11.6. The van der Waals surface area contributed by atoms with Crippen LogP contribution in [0.2, 0.25) is 0 Å². The maximum absolute atomic E-state index is 11.5. The lowest BCUT2D eigenvalue weighted by molar-refractivity contribution is 0.554. The van der Waals surface area contributed by atoms with Gasteiger partial charge in [0.25, 0.3) is 0 Å². The zero-order chi connectivity index (χ0) is 13.9. The van der Waals surface area contributed by atoms with Gasteiger partial charge < -0.3 is 5.32 Å². The van der Waals surface area contributed by atoms with Gasteiger partial charge in [0.1, 0.15) is 10.3 Å². The summed E-state index contributed by atoms with van der Waals surface area (Å²) in [5.41, 5.74) is 0.932. The summed E-state index contributed by atoms with van der Waals surface area (Å²) in [7, 11) is -3.07. The molecule has 0 aromatic carbocycles. The molecule has 104 valence electrons. The van der Waals surface area contributed by atoms with Crippen molar-refractivity contribution in [3.8, 4) is 0 Å². The Hall–Kier alpha value is -0.460. The van der Waals surface area contributed by atoms with Gasteiger partial charge >= 0.3 is 0 Å². The molecular weight excluding hydrogens is 268 g/mol. The average molecular weight is 290 g/mol. The zero-order valence-corrected chi connectivity index (χ0v) is 13.3. The molecule has 0 aliphatic rings. The largest absolute Gasteiger partial charge is 0.312 e. The molecule has 0 saturated heterocycles. The maximum Gasteiger partial charge on any atom is 0.156 e. The third-order valence-electron chi connectivity index (χ3n) is 2.74. The molecule has 1 aromatic heterocycles. The highest BCUT2D eigenvalue weighted by atomic mass is 32.2. The molecular formula is C12H22N2O2S2. The molecule has 1 aromatic rings. The molecule has 18 heavy (non-hydrogen) atoms. The number of aryl methyl sites for hydroxylation is 1. The smallest absolute Gasteiger partial charge is 0.156 e. The molecule has 0 fully saturated rings. The van der Waals surface area contributed by atoms with E-state index in [-0.39, 0.29) is 0 Å². The number of nitrogens with one attached hydrogen (secondary N) is 1. The van der Waals surface area contributed by atoms with Crippen LogP contribution in [-0.2, 0) is 16.4 Å². The van der Waals surface area contributed by atoms with Crippen molar-refractivity contribution < 1.29 is 8.42 Å². The van der Waals surface area contributed by atoms with Crippen LogP contribution in [0.4, 0.5) is 0 Å². The van der Waals surface area contributed by atoms with Crippen LogP contribution in [0.1, 0.15) is 41.6 Å². The Bertz CT molecular complexity index is 492. The normalized spacial score (nSPS) is 14.1. The fourth-order valence-electron chi connectivity index (χ4n) is 1.45. The monoisotopic (exact) mass is 290 g/mol. The summed E-state index contributed by atoms with van der Waals surface area (Å²) < 4.78 is 23.0. The van der Waals surface area contributed by atoms with Crippen molar-refractivity contribution in [1.82, 2.24) is 10.3 Å². The Morgan fingerprint density at radius 3 is 2.44 bits per heavy atom. The average Bonchev–Trinajstić information content (AvgIpc) is 2.57. The fourth-order valence-corrected chi connectivity index (χ4v) is 3.50. The quantitative estimate of drug-likeness (QED) is 0.873. The van der Waals surface area contributed by atoms with Gasteiger partial charge in [0, 0.05) is 17.7 Å². The van der Waals surface area contributed by atoms with Gasteiger partial charge in [0.15, 0.2) is 9.84 Å². The Morgan fingerprint density at radius 1 is 1.33 bits per heavy atom. The molecule has 1 N–H and O–H groups in total. The highest BCUT2D eigenvalue weighted by molar-refractivity contribution is 7.91. The predicted octanol–water partition coefficient (Wildman–Crippen LogP) is 2.30. The molecule has 4 nitrogen and oxygen atoms in total. The van der Waals surface area contributed by atoms with E-state index in [2.05, 4.69) is 24.1 Å². The van der Waals surface area contributed by atoms with Crippen LogP contribution in [0.3, 0.4) is 0 Å². The van der Waals surface area contributed by atoms with E-state index in [1.54, 1.807) is 6.92 Å². The number of hydrogen-bond acceptors (Lipinski definition) is 5. The minimum Gasteiger partial charge on any atom is -0.312 e. The summed E-state index contributed by atoms with van der Waals surface area (Å²) in [6.45, 7) is 9.65. The van der Waals surface area contributed by atoms with E-state index in [1.807, 2.05) is 6.92 Å². The summed E-state index contributed by atoms with van der Waals surface area (Å²) in [6.07, 6.45) is 1.26. The minimum atomic E-state index is -3.07. The standard InChI is InChI=1S/C12H22N2O2S2/c1-8(2)6-13-7-11-9(3)14-12(17-11)10(4)18(5,15)16/h8,10,13H,6-7H2,1-5H3. The summed E-state index contributed by atoms with van der Waals surface area (Å²) in [6, 6.07) is 0. The molecule has 0 spiro atoms. The summed E-state index contributed by atoms with van der Waals surface area (Å²) in [5, 5.41) is 3.53. The highest BCUT2D eigenvalue weighted by Gasteiger charge is 2.22. The predicted molar refractivity (Wildman–Crippen MR) is 76.7 cm³/mol. The summed E-state index contributed by atoms with van der Waals surface area (Å²) in [5.74, 6) is 0.604. The van der Waals surface area contributed by atoms with E-state index in [4.69, 9.17) is 0 Å². The van der Waals surface area contributed by atoms with Gasteiger partial charge in [-0.15, -0.1) is 11.3 Å². The first kappa shape index (κ1) is 15.6. The van der Waals surface area contributed by atoms with Crippen molar-refractivity contribution in [2.45, 2.75) is 39.5 Å². The first-order chi connectivity index (χ1) is 8.21. The van der Waals surface area contributed by atoms with Crippen LogP contribution in [0.5, 0.6) is 0 Å². The third-order valence-corrected chi connectivity index (χ3v) is 5.73. The molecule has 0 aliphatic carbocycles. The maximum atomic E-state index is 11.5. The van der Waals surface area contributed by atoms with Gasteiger partial charge in [-0.1, -0.05) is 13.8 Å². The van der Waals surface area contributed by atoms with Crippen molar-refractivity contribution in [2.75, 3.05) is 12.8 Å². The van der Waals surface area contributed by atoms with Gasteiger partial charge in [-0.2, -0.15) is 0 Å². The highest BCUT2D eigenvalue weighted by Crippen LogP contribution is 2.28. The van der Waals surface area contributed by atoms with Crippen LogP contribution in [0, 0.1) is 12.8 Å². The van der Waals surface area contributed by atoms with E-state index < -0.39 is 15.1 Å². The summed E-state index contributed by atoms with van der Waals surface area (Å²) in [4.78, 5) is 5.50. The molecule has 0 saturated carbocycles. The van der Waals surface area contributed by atoms with Gasteiger partial charge in [0.2, 0.25) is 0 Å². The van der Waals surface area contributed by atoms with Crippen molar-refractivity contribution in [2.24, 2.45) is 5.92 Å². The second-order valence-electron chi connectivity index (χ2n) is 5.06. The van der Waals surface area contributed by atoms with Crippen molar-refractivity contribution >= 4 is 21.2 Å². The molecule has 0 radical (unpaired) electrons. The first-order valence-corrected chi connectivity index (χ1v) is 8.84. The molecule has 1 atom stereocenters. The lowest BCUT2D eigenvalue weighted by Gasteiger charge is -2.06. The van der Waals surface area contributed by atoms with Crippen LogP contribution in [-0.4, -0.2) is 26.2 Å². The second kappa shape index (κ2) is 6.12. The Morgan fingerprint density at radius 2 is 1.94 bits per heavy atom. The van der Waals surface area contributed by atoms with E-state index >= 15 is 0 Å². The molecule has 6 heteroatoms. The lowest BCUT2D eigenvalue weighted by Crippen LogP contribution is -2.18. The molecule has 0 bridgehead atoms. The number of thiazole rings is 1. The molecule has 1 heterocycles. The first-order valence-electron chi connectivity index (χ1n) is 6.07. The van der Waals surface area contributed by atoms with Crippen LogP contribution < -0.4 is 5.32 Å². The van der Waals surface area contributed by atoms with Crippen LogP contribution in [0.25, 0.3) is 0 Å². The lowest BCUT2D eigenvalue weighted by atomic mass is 10.2.